The van der Waals surface area contributed by atoms with Crippen molar-refractivity contribution in [3.05, 3.63) is 43.0 Å². The lowest BCUT2D eigenvalue weighted by molar-refractivity contribution is -0.148. The minimum absolute atomic E-state index is 0.167. The number of imidazole rings is 1. The Kier molecular flexibility index (Phi) is 8.74. The molecule has 1 aromatic carbocycles. The molecule has 1 aliphatic rings. The lowest BCUT2D eigenvalue weighted by atomic mass is 9.99. The standard InChI is InChI=1S/C25H34ClN6O7P/c1-15(22(34)36-12-24(2,3)4)31-40(35,39-16-9-7-6-8-10-16)37-11-17-19(33)25(5,26)23(38-17)32-14-30-18-20(27)28-13-29-21(18)32/h6-10,13-15,17,19,23,33H,11-12H2,1-5H3,(H,31,35)(H2,27,28,29)/t15-,17+,19+,23+,25+,40?/m0/s1. The van der Waals surface area contributed by atoms with Crippen LogP contribution in [0.3, 0.4) is 0 Å². The number of anilines is 1. The topological polar surface area (TPSA) is 173 Å². The normalized spacial score (nSPS) is 25.4. The van der Waals surface area contributed by atoms with Crippen molar-refractivity contribution in [2.24, 2.45) is 5.41 Å². The van der Waals surface area contributed by atoms with Gasteiger partial charge in [-0.25, -0.2) is 19.5 Å². The van der Waals surface area contributed by atoms with E-state index in [1.165, 1.54) is 24.1 Å². The van der Waals surface area contributed by atoms with Crippen molar-refractivity contribution in [3.63, 3.8) is 0 Å². The van der Waals surface area contributed by atoms with Crippen molar-refractivity contribution >= 4 is 42.3 Å². The first-order valence-electron chi connectivity index (χ1n) is 12.6. The molecular formula is C25H34ClN6O7P. The van der Waals surface area contributed by atoms with Gasteiger partial charge < -0.3 is 24.8 Å². The number of hydrogen-bond acceptors (Lipinski definition) is 11. The summed E-state index contributed by atoms with van der Waals surface area (Å²) < 4.78 is 38.2. The highest BCUT2D eigenvalue weighted by Gasteiger charge is 2.54. The number of alkyl halides is 1. The van der Waals surface area contributed by atoms with Crippen LogP contribution in [0, 0.1) is 5.41 Å². The fourth-order valence-corrected chi connectivity index (χ4v) is 5.78. The van der Waals surface area contributed by atoms with Crippen LogP contribution < -0.4 is 15.3 Å². The minimum atomic E-state index is -4.20. The maximum atomic E-state index is 13.9. The minimum Gasteiger partial charge on any atom is -0.464 e. The van der Waals surface area contributed by atoms with Gasteiger partial charge in [0.15, 0.2) is 17.7 Å². The number of ether oxygens (including phenoxy) is 2. The van der Waals surface area contributed by atoms with Crippen LogP contribution in [0.5, 0.6) is 5.75 Å². The Hall–Kier alpha value is -2.80. The number of aliphatic hydroxyl groups excluding tert-OH is 1. The van der Waals surface area contributed by atoms with Gasteiger partial charge in [-0.2, -0.15) is 5.09 Å². The number of nitrogens with one attached hydrogen (secondary N) is 1. The molecule has 4 rings (SSSR count). The van der Waals surface area contributed by atoms with Gasteiger partial charge in [-0.15, -0.1) is 11.6 Å². The first-order chi connectivity index (χ1) is 18.7. The van der Waals surface area contributed by atoms with Crippen LogP contribution in [0.25, 0.3) is 11.2 Å². The zero-order valence-corrected chi connectivity index (χ0v) is 24.5. The third-order valence-electron chi connectivity index (χ3n) is 6.09. The molecule has 0 amide bonds. The van der Waals surface area contributed by atoms with Gasteiger partial charge in [-0.05, 0) is 31.4 Å². The Morgan fingerprint density at radius 3 is 2.67 bits per heavy atom. The maximum Gasteiger partial charge on any atom is 0.459 e. The van der Waals surface area contributed by atoms with Gasteiger partial charge in [0.1, 0.15) is 40.7 Å². The Morgan fingerprint density at radius 2 is 2.00 bits per heavy atom. The third-order valence-corrected chi connectivity index (χ3v) is 8.14. The van der Waals surface area contributed by atoms with Gasteiger partial charge in [0, 0.05) is 0 Å². The van der Waals surface area contributed by atoms with Crippen LogP contribution in [0.2, 0.25) is 0 Å². The van der Waals surface area contributed by atoms with E-state index in [1.807, 2.05) is 20.8 Å². The lowest BCUT2D eigenvalue weighted by Gasteiger charge is -2.26. The van der Waals surface area contributed by atoms with E-state index in [0.29, 0.717) is 11.2 Å². The molecule has 0 aliphatic carbocycles. The summed E-state index contributed by atoms with van der Waals surface area (Å²) in [6.07, 6.45) is -0.529. The van der Waals surface area contributed by atoms with Crippen molar-refractivity contribution in [1.82, 2.24) is 24.6 Å². The molecule has 1 saturated heterocycles. The number of aliphatic hydroxyl groups is 1. The molecule has 218 valence electrons. The summed E-state index contributed by atoms with van der Waals surface area (Å²) >= 11 is 6.76. The lowest BCUT2D eigenvalue weighted by Crippen LogP contribution is -2.40. The van der Waals surface area contributed by atoms with Crippen molar-refractivity contribution in [1.29, 1.82) is 0 Å². The van der Waals surface area contributed by atoms with Crippen molar-refractivity contribution in [3.8, 4) is 5.75 Å². The zero-order chi connectivity index (χ0) is 29.3. The number of fused-ring (bicyclic) bond motifs is 1. The monoisotopic (exact) mass is 596 g/mol. The van der Waals surface area contributed by atoms with Crippen LogP contribution >= 0.6 is 19.3 Å². The van der Waals surface area contributed by atoms with Crippen LogP contribution in [-0.4, -0.2) is 66.9 Å². The number of carbonyl (C=O) groups excluding carboxylic acids is 1. The molecule has 1 unspecified atom stereocenters. The van der Waals surface area contributed by atoms with E-state index in [1.54, 1.807) is 37.3 Å². The molecule has 15 heteroatoms. The molecule has 13 nitrogen and oxygen atoms in total. The van der Waals surface area contributed by atoms with E-state index < -0.39 is 49.7 Å². The van der Waals surface area contributed by atoms with Gasteiger partial charge in [0.05, 0.1) is 19.5 Å². The third kappa shape index (κ3) is 6.73. The number of hydrogen-bond donors (Lipinski definition) is 3. The molecule has 1 aliphatic heterocycles. The van der Waals surface area contributed by atoms with E-state index in [-0.39, 0.29) is 23.6 Å². The second kappa shape index (κ2) is 11.6. The van der Waals surface area contributed by atoms with Crippen molar-refractivity contribution < 1.29 is 33.0 Å². The summed E-state index contributed by atoms with van der Waals surface area (Å²) in [5, 5.41) is 13.7. The van der Waals surface area contributed by atoms with Crippen molar-refractivity contribution in [2.75, 3.05) is 18.9 Å². The highest BCUT2D eigenvalue weighted by atomic mass is 35.5. The molecule has 0 radical (unpaired) electrons. The number of benzene rings is 1. The number of aromatic nitrogens is 4. The van der Waals surface area contributed by atoms with Gasteiger partial charge in [0.25, 0.3) is 0 Å². The summed E-state index contributed by atoms with van der Waals surface area (Å²) in [5.41, 5.74) is 6.35. The number of nitrogens with two attached hydrogens (primary N) is 1. The van der Waals surface area contributed by atoms with E-state index in [4.69, 9.17) is 35.9 Å². The molecule has 4 N–H and O–H groups in total. The van der Waals surface area contributed by atoms with E-state index in [0.717, 1.165) is 0 Å². The Bertz CT molecular complexity index is 1380. The second-order valence-electron chi connectivity index (χ2n) is 10.9. The summed E-state index contributed by atoms with van der Waals surface area (Å²) in [6, 6.07) is 7.29. The fourth-order valence-electron chi connectivity index (χ4n) is 3.98. The van der Waals surface area contributed by atoms with E-state index in [2.05, 4.69) is 20.0 Å². The van der Waals surface area contributed by atoms with Crippen LogP contribution in [0.1, 0.15) is 40.8 Å². The largest absolute Gasteiger partial charge is 0.464 e. The molecule has 2 aromatic heterocycles. The fraction of sp³-hybridized carbons (Fsp3) is 0.520. The SMILES string of the molecule is C[C@H](NP(=O)(OC[C@H]1O[C@@H](n2cnc3c(N)ncnc32)[C@](C)(Cl)[C@@H]1O)Oc1ccccc1)C(=O)OCC(C)(C)C. The average Bonchev–Trinajstić information content (AvgIpc) is 3.40. The number of esters is 1. The average molecular weight is 597 g/mol. The number of nitrogens with zero attached hydrogens (tertiary/aromatic N) is 4. The van der Waals surface area contributed by atoms with E-state index in [9.17, 15) is 14.5 Å². The summed E-state index contributed by atoms with van der Waals surface area (Å²) in [5.74, 6) is -0.211. The molecule has 0 spiro atoms. The Labute approximate surface area is 236 Å². The summed E-state index contributed by atoms with van der Waals surface area (Å²) in [4.78, 5) is 23.6. The van der Waals surface area contributed by atoms with Crippen molar-refractivity contribution in [2.45, 2.75) is 64.0 Å². The first kappa shape index (κ1) is 30.2. The number of halogens is 1. The zero-order valence-electron chi connectivity index (χ0n) is 22.9. The number of nitrogen functional groups attached to an aromatic ring is 1. The molecule has 6 atom stereocenters. The maximum absolute atomic E-state index is 13.9. The molecule has 1 fully saturated rings. The molecule has 3 heterocycles. The van der Waals surface area contributed by atoms with Gasteiger partial charge >= 0.3 is 13.7 Å². The van der Waals surface area contributed by atoms with Gasteiger partial charge in [-0.1, -0.05) is 39.0 Å². The quantitative estimate of drug-likeness (QED) is 0.177. The van der Waals surface area contributed by atoms with E-state index >= 15 is 0 Å². The smallest absolute Gasteiger partial charge is 0.459 e. The number of para-hydroxylation sites is 1. The van der Waals surface area contributed by atoms with Gasteiger partial charge in [0.2, 0.25) is 0 Å². The number of rotatable bonds is 10. The highest BCUT2D eigenvalue weighted by molar-refractivity contribution is 7.52. The van der Waals surface area contributed by atoms with Crippen LogP contribution in [0.4, 0.5) is 5.82 Å². The molecule has 0 saturated carbocycles. The predicted molar refractivity (Wildman–Crippen MR) is 148 cm³/mol. The first-order valence-corrected chi connectivity index (χ1v) is 14.5. The number of carbonyl (C=O) groups is 1. The predicted octanol–water partition coefficient (Wildman–Crippen LogP) is 3.44. The Morgan fingerprint density at radius 1 is 1.30 bits per heavy atom. The highest BCUT2D eigenvalue weighted by Crippen LogP contribution is 2.48. The molecule has 0 bridgehead atoms. The van der Waals surface area contributed by atoms with Crippen LogP contribution in [0.15, 0.2) is 43.0 Å². The summed E-state index contributed by atoms with van der Waals surface area (Å²) in [7, 11) is -4.20. The molecular weight excluding hydrogens is 563 g/mol. The molecule has 40 heavy (non-hydrogen) atoms. The molecule has 3 aromatic rings. The van der Waals surface area contributed by atoms with Gasteiger partial charge in [-0.3, -0.25) is 13.9 Å². The summed E-state index contributed by atoms with van der Waals surface area (Å²) in [6.45, 7) is 8.61. The Balaban J connectivity index is 1.51. The second-order valence-corrected chi connectivity index (χ2v) is 13.4. The van der Waals surface area contributed by atoms with Crippen LogP contribution in [-0.2, 0) is 23.4 Å².